The number of hydrogen-bond donors (Lipinski definition) is 1. The summed E-state index contributed by atoms with van der Waals surface area (Å²) < 4.78 is 0. The van der Waals surface area contributed by atoms with Crippen LogP contribution >= 0.6 is 12.4 Å². The molecule has 132 valence electrons. The van der Waals surface area contributed by atoms with Crippen LogP contribution in [0.3, 0.4) is 0 Å². The van der Waals surface area contributed by atoms with Crippen LogP contribution in [0.15, 0.2) is 24.3 Å². The summed E-state index contributed by atoms with van der Waals surface area (Å²) in [7, 11) is 3.45. The average Bonchev–Trinajstić information content (AvgIpc) is 3.02. The van der Waals surface area contributed by atoms with Crippen LogP contribution in [0.2, 0.25) is 0 Å². The van der Waals surface area contributed by atoms with E-state index in [9.17, 15) is 9.59 Å². The van der Waals surface area contributed by atoms with Gasteiger partial charge in [0.05, 0.1) is 0 Å². The van der Waals surface area contributed by atoms with Gasteiger partial charge in [0.25, 0.3) is 11.8 Å². The van der Waals surface area contributed by atoms with Gasteiger partial charge in [-0.25, -0.2) is 0 Å². The van der Waals surface area contributed by atoms with Gasteiger partial charge in [-0.1, -0.05) is 0 Å². The fraction of sp³-hybridized carbons (Fsp3) is 0.556. The molecule has 5 nitrogen and oxygen atoms in total. The SMILES string of the molecule is CN(C)C(=O)c1ccc(C(=O)N2CCC3(CCNC3)CC2)cc1.Cl. The summed E-state index contributed by atoms with van der Waals surface area (Å²) in [6, 6.07) is 7.00. The molecule has 0 atom stereocenters. The number of piperidine rings is 1. The molecule has 1 aromatic rings. The van der Waals surface area contributed by atoms with Crippen LogP contribution in [0.1, 0.15) is 40.0 Å². The topological polar surface area (TPSA) is 52.7 Å². The van der Waals surface area contributed by atoms with Crippen molar-refractivity contribution in [2.24, 2.45) is 5.41 Å². The highest BCUT2D eigenvalue weighted by Gasteiger charge is 2.38. The molecule has 0 aromatic heterocycles. The Morgan fingerprint density at radius 2 is 1.62 bits per heavy atom. The van der Waals surface area contributed by atoms with Crippen molar-refractivity contribution in [1.29, 1.82) is 0 Å². The first-order valence-corrected chi connectivity index (χ1v) is 8.33. The quantitative estimate of drug-likeness (QED) is 0.887. The van der Waals surface area contributed by atoms with Crippen LogP contribution in [-0.2, 0) is 0 Å². The number of nitrogens with one attached hydrogen (secondary N) is 1. The molecule has 6 heteroatoms. The number of likely N-dealkylation sites (tertiary alicyclic amines) is 1. The summed E-state index contributed by atoms with van der Waals surface area (Å²) >= 11 is 0. The van der Waals surface area contributed by atoms with Gasteiger partial charge in [0.15, 0.2) is 0 Å². The molecule has 1 N–H and O–H groups in total. The molecule has 2 aliphatic rings. The molecule has 2 amide bonds. The molecule has 0 aliphatic carbocycles. The van der Waals surface area contributed by atoms with Gasteiger partial charge in [0.1, 0.15) is 0 Å². The van der Waals surface area contributed by atoms with Gasteiger partial charge in [0, 0.05) is 44.9 Å². The molecule has 2 aliphatic heterocycles. The maximum atomic E-state index is 12.6. The maximum Gasteiger partial charge on any atom is 0.253 e. The molecular weight excluding hydrogens is 326 g/mol. The van der Waals surface area contributed by atoms with Gasteiger partial charge in [-0.3, -0.25) is 9.59 Å². The second-order valence-corrected chi connectivity index (χ2v) is 7.00. The standard InChI is InChI=1S/C18H25N3O2.ClH/c1-20(2)16(22)14-3-5-15(6-4-14)17(23)21-11-8-18(9-12-21)7-10-19-13-18;/h3-6,19H,7-13H2,1-2H3;1H. The largest absolute Gasteiger partial charge is 0.345 e. The number of carbonyl (C=O) groups is 2. The minimum atomic E-state index is -0.0438. The van der Waals surface area contributed by atoms with Crippen LogP contribution < -0.4 is 5.32 Å². The Bertz CT molecular complexity index is 585. The molecule has 3 rings (SSSR count). The predicted octanol–water partition coefficient (Wildman–Crippen LogP) is 2.03. The molecule has 24 heavy (non-hydrogen) atoms. The highest BCUT2D eigenvalue weighted by atomic mass is 35.5. The van der Waals surface area contributed by atoms with E-state index in [0.717, 1.165) is 39.0 Å². The van der Waals surface area contributed by atoms with Gasteiger partial charge in [-0.2, -0.15) is 0 Å². The number of carbonyl (C=O) groups excluding carboxylic acids is 2. The molecule has 0 radical (unpaired) electrons. The van der Waals surface area contributed by atoms with Crippen LogP contribution in [0, 0.1) is 5.41 Å². The summed E-state index contributed by atoms with van der Waals surface area (Å²) in [5.74, 6) is 0.0345. The number of halogens is 1. The molecule has 0 saturated carbocycles. The normalized spacial score (nSPS) is 19.0. The van der Waals surface area contributed by atoms with Gasteiger partial charge in [-0.15, -0.1) is 12.4 Å². The maximum absolute atomic E-state index is 12.6. The molecule has 2 saturated heterocycles. The summed E-state index contributed by atoms with van der Waals surface area (Å²) in [5.41, 5.74) is 1.70. The Labute approximate surface area is 149 Å². The predicted molar refractivity (Wildman–Crippen MR) is 96.8 cm³/mol. The van der Waals surface area contributed by atoms with E-state index in [4.69, 9.17) is 0 Å². The zero-order chi connectivity index (χ0) is 16.4. The lowest BCUT2D eigenvalue weighted by Gasteiger charge is -2.38. The van der Waals surface area contributed by atoms with Crippen molar-refractivity contribution in [3.63, 3.8) is 0 Å². The van der Waals surface area contributed by atoms with Crippen molar-refractivity contribution in [2.45, 2.75) is 19.3 Å². The highest BCUT2D eigenvalue weighted by molar-refractivity contribution is 5.97. The van der Waals surface area contributed by atoms with Crippen molar-refractivity contribution in [1.82, 2.24) is 15.1 Å². The summed E-state index contributed by atoms with van der Waals surface area (Å²) in [5, 5.41) is 3.45. The Kier molecular flexibility index (Phi) is 5.88. The van der Waals surface area contributed by atoms with Gasteiger partial charge in [-0.05, 0) is 55.5 Å². The van der Waals surface area contributed by atoms with E-state index >= 15 is 0 Å². The number of rotatable bonds is 2. The molecular formula is C18H26ClN3O2. The molecule has 1 spiro atoms. The van der Waals surface area contributed by atoms with Crippen LogP contribution in [0.4, 0.5) is 0 Å². The van der Waals surface area contributed by atoms with Crippen LogP contribution in [-0.4, -0.2) is 61.9 Å². The van der Waals surface area contributed by atoms with E-state index in [-0.39, 0.29) is 24.2 Å². The highest BCUT2D eigenvalue weighted by Crippen LogP contribution is 2.37. The number of nitrogens with zero attached hydrogens (tertiary/aromatic N) is 2. The van der Waals surface area contributed by atoms with Gasteiger partial charge >= 0.3 is 0 Å². The Morgan fingerprint density at radius 3 is 2.12 bits per heavy atom. The first-order valence-electron chi connectivity index (χ1n) is 8.33. The number of benzene rings is 1. The lowest BCUT2D eigenvalue weighted by atomic mass is 9.78. The molecule has 1 aromatic carbocycles. The Balaban J connectivity index is 0.00000208. The first kappa shape index (κ1) is 18.7. The van der Waals surface area contributed by atoms with Crippen molar-refractivity contribution in [2.75, 3.05) is 40.3 Å². The lowest BCUT2D eigenvalue weighted by Crippen LogP contribution is -2.44. The minimum Gasteiger partial charge on any atom is -0.345 e. The van der Waals surface area contributed by atoms with E-state index in [0.29, 0.717) is 16.5 Å². The third-order valence-corrected chi connectivity index (χ3v) is 5.23. The molecule has 2 fully saturated rings. The van der Waals surface area contributed by atoms with Crippen molar-refractivity contribution in [3.8, 4) is 0 Å². The average molecular weight is 352 g/mol. The van der Waals surface area contributed by atoms with Crippen molar-refractivity contribution >= 4 is 24.2 Å². The zero-order valence-corrected chi connectivity index (χ0v) is 15.2. The van der Waals surface area contributed by atoms with E-state index in [1.54, 1.807) is 38.4 Å². The zero-order valence-electron chi connectivity index (χ0n) is 14.4. The molecule has 0 bridgehead atoms. The summed E-state index contributed by atoms with van der Waals surface area (Å²) in [6.07, 6.45) is 3.41. The second kappa shape index (κ2) is 7.53. The van der Waals surface area contributed by atoms with Crippen LogP contribution in [0.5, 0.6) is 0 Å². The number of hydrogen-bond acceptors (Lipinski definition) is 3. The minimum absolute atomic E-state index is 0. The van der Waals surface area contributed by atoms with E-state index in [1.807, 2.05) is 4.90 Å². The van der Waals surface area contributed by atoms with Crippen molar-refractivity contribution in [3.05, 3.63) is 35.4 Å². The summed E-state index contributed by atoms with van der Waals surface area (Å²) in [4.78, 5) is 28.0. The number of amides is 2. The Hall–Kier alpha value is -1.59. The van der Waals surface area contributed by atoms with E-state index in [1.165, 1.54) is 11.3 Å². The fourth-order valence-corrected chi connectivity index (χ4v) is 3.60. The molecule has 2 heterocycles. The molecule has 0 unspecified atom stereocenters. The van der Waals surface area contributed by atoms with E-state index < -0.39 is 0 Å². The summed E-state index contributed by atoms with van der Waals surface area (Å²) in [6.45, 7) is 3.86. The van der Waals surface area contributed by atoms with Gasteiger partial charge < -0.3 is 15.1 Å². The van der Waals surface area contributed by atoms with Crippen LogP contribution in [0.25, 0.3) is 0 Å². The first-order chi connectivity index (χ1) is 11.0. The van der Waals surface area contributed by atoms with Gasteiger partial charge in [0.2, 0.25) is 0 Å². The van der Waals surface area contributed by atoms with E-state index in [2.05, 4.69) is 5.32 Å². The third-order valence-electron chi connectivity index (χ3n) is 5.23. The van der Waals surface area contributed by atoms with Crippen molar-refractivity contribution < 1.29 is 9.59 Å². The third kappa shape index (κ3) is 3.73. The second-order valence-electron chi connectivity index (χ2n) is 7.00. The lowest BCUT2D eigenvalue weighted by molar-refractivity contribution is 0.0607. The monoisotopic (exact) mass is 351 g/mol. The smallest absolute Gasteiger partial charge is 0.253 e. The fourth-order valence-electron chi connectivity index (χ4n) is 3.60. The Morgan fingerprint density at radius 1 is 1.04 bits per heavy atom.